The van der Waals surface area contributed by atoms with Crippen molar-refractivity contribution in [3.63, 3.8) is 0 Å². The molecule has 0 amide bonds. The lowest BCUT2D eigenvalue weighted by molar-refractivity contribution is 0.112. The Balaban J connectivity index is 1.67. The molecule has 4 nitrogen and oxygen atoms in total. The van der Waals surface area contributed by atoms with Crippen LogP contribution in [0.1, 0.15) is 13.3 Å². The molecule has 1 aromatic heterocycles. The molecule has 0 radical (unpaired) electrons. The molecular formula is C18H24Cl2N4. The van der Waals surface area contributed by atoms with Gasteiger partial charge in [0.25, 0.3) is 0 Å². The number of imidazole rings is 1. The van der Waals surface area contributed by atoms with Crippen LogP contribution in [0.5, 0.6) is 0 Å². The highest BCUT2D eigenvalue weighted by Gasteiger charge is 2.19. The lowest BCUT2D eigenvalue weighted by Crippen LogP contribution is -2.48. The van der Waals surface area contributed by atoms with Crippen molar-refractivity contribution in [1.82, 2.24) is 19.4 Å². The smallest absolute Gasteiger partial charge is 0.141 e. The Kier molecular flexibility index (Phi) is 5.82. The molecule has 6 heteroatoms. The summed E-state index contributed by atoms with van der Waals surface area (Å²) in [6.45, 7) is 7.83. The van der Waals surface area contributed by atoms with Crippen LogP contribution in [-0.2, 0) is 6.54 Å². The summed E-state index contributed by atoms with van der Waals surface area (Å²) in [5.41, 5.74) is 0.890. The van der Waals surface area contributed by atoms with Crippen molar-refractivity contribution in [2.45, 2.75) is 25.9 Å². The van der Waals surface area contributed by atoms with E-state index in [1.54, 1.807) is 6.07 Å². The molecule has 1 aromatic carbocycles. The van der Waals surface area contributed by atoms with Crippen LogP contribution < -0.4 is 0 Å². The molecule has 1 aliphatic rings. The maximum Gasteiger partial charge on any atom is 0.141 e. The van der Waals surface area contributed by atoms with E-state index in [1.807, 2.05) is 24.5 Å². The number of aryl methyl sites for hydroxylation is 1. The third-order valence-electron chi connectivity index (χ3n) is 4.83. The Morgan fingerprint density at radius 3 is 2.67 bits per heavy atom. The van der Waals surface area contributed by atoms with E-state index in [2.05, 4.69) is 33.3 Å². The van der Waals surface area contributed by atoms with Crippen molar-refractivity contribution in [1.29, 1.82) is 0 Å². The SMILES string of the molecule is C[C@@H](CCn1ccnc1-c1cc(Cl)ccc1Cl)N1CCN(C)CC1. The minimum absolute atomic E-state index is 0.559. The summed E-state index contributed by atoms with van der Waals surface area (Å²) in [6.07, 6.45) is 4.93. The second kappa shape index (κ2) is 7.87. The average molecular weight is 367 g/mol. The second-order valence-electron chi connectivity index (χ2n) is 6.55. The quantitative estimate of drug-likeness (QED) is 0.802. The molecule has 24 heavy (non-hydrogen) atoms. The van der Waals surface area contributed by atoms with Gasteiger partial charge in [0.05, 0.1) is 5.02 Å². The Bertz CT molecular complexity index is 677. The maximum absolute atomic E-state index is 6.33. The number of piperazine rings is 1. The highest BCUT2D eigenvalue weighted by atomic mass is 35.5. The van der Waals surface area contributed by atoms with Gasteiger partial charge >= 0.3 is 0 Å². The largest absolute Gasteiger partial charge is 0.331 e. The fraction of sp³-hybridized carbons (Fsp3) is 0.500. The number of halogens is 2. The van der Waals surface area contributed by atoms with E-state index >= 15 is 0 Å². The summed E-state index contributed by atoms with van der Waals surface area (Å²) in [7, 11) is 2.19. The van der Waals surface area contributed by atoms with Crippen molar-refractivity contribution < 1.29 is 0 Å². The Morgan fingerprint density at radius 2 is 1.92 bits per heavy atom. The van der Waals surface area contributed by atoms with Gasteiger partial charge < -0.3 is 9.47 Å². The molecule has 0 aliphatic carbocycles. The summed E-state index contributed by atoms with van der Waals surface area (Å²) in [5, 5.41) is 1.36. The molecule has 0 bridgehead atoms. The molecule has 1 aliphatic heterocycles. The van der Waals surface area contributed by atoms with Crippen molar-refractivity contribution in [2.75, 3.05) is 33.2 Å². The molecule has 1 fully saturated rings. The van der Waals surface area contributed by atoms with Gasteiger partial charge in [-0.15, -0.1) is 0 Å². The fourth-order valence-corrected chi connectivity index (χ4v) is 3.55. The summed E-state index contributed by atoms with van der Waals surface area (Å²) >= 11 is 12.5. The van der Waals surface area contributed by atoms with Crippen molar-refractivity contribution in [2.24, 2.45) is 0 Å². The number of hydrogen-bond donors (Lipinski definition) is 0. The van der Waals surface area contributed by atoms with Gasteiger partial charge in [0.15, 0.2) is 0 Å². The van der Waals surface area contributed by atoms with Crippen molar-refractivity contribution in [3.05, 3.63) is 40.6 Å². The van der Waals surface area contributed by atoms with Crippen LogP contribution >= 0.6 is 23.2 Å². The van der Waals surface area contributed by atoms with Crippen LogP contribution in [0.15, 0.2) is 30.6 Å². The minimum atomic E-state index is 0.559. The minimum Gasteiger partial charge on any atom is -0.331 e. The van der Waals surface area contributed by atoms with E-state index in [4.69, 9.17) is 23.2 Å². The number of hydrogen-bond acceptors (Lipinski definition) is 3. The molecule has 3 rings (SSSR count). The molecule has 0 N–H and O–H groups in total. The van der Waals surface area contributed by atoms with Gasteiger partial charge in [0.1, 0.15) is 5.82 Å². The van der Waals surface area contributed by atoms with E-state index in [0.29, 0.717) is 16.1 Å². The van der Waals surface area contributed by atoms with Gasteiger partial charge in [-0.1, -0.05) is 23.2 Å². The van der Waals surface area contributed by atoms with Crippen LogP contribution in [-0.4, -0.2) is 58.6 Å². The summed E-state index contributed by atoms with van der Waals surface area (Å²) in [4.78, 5) is 9.45. The molecule has 2 aromatic rings. The first kappa shape index (κ1) is 17.7. The van der Waals surface area contributed by atoms with E-state index in [-0.39, 0.29) is 0 Å². The van der Waals surface area contributed by atoms with E-state index in [0.717, 1.165) is 50.5 Å². The number of rotatable bonds is 5. The standard InChI is InChI=1S/C18H24Cl2N4/c1-14(23-11-9-22(2)10-12-23)5-7-24-8-6-21-18(24)16-13-15(19)3-4-17(16)20/h3-4,6,8,13-14H,5,7,9-12H2,1-2H3/t14-/m0/s1. The normalized spacial score (nSPS) is 18.0. The molecule has 1 saturated heterocycles. The molecule has 2 heterocycles. The van der Waals surface area contributed by atoms with E-state index in [9.17, 15) is 0 Å². The molecule has 0 spiro atoms. The van der Waals surface area contributed by atoms with Gasteiger partial charge in [-0.3, -0.25) is 4.90 Å². The van der Waals surface area contributed by atoms with Gasteiger partial charge in [-0.2, -0.15) is 0 Å². The van der Waals surface area contributed by atoms with Gasteiger partial charge in [-0.05, 0) is 38.6 Å². The predicted octanol–water partition coefficient (Wildman–Crippen LogP) is 3.88. The first-order chi connectivity index (χ1) is 11.5. The molecular weight excluding hydrogens is 343 g/mol. The van der Waals surface area contributed by atoms with Gasteiger partial charge in [-0.25, -0.2) is 4.98 Å². The Labute approximate surface area is 154 Å². The number of likely N-dealkylation sites (N-methyl/N-ethyl adjacent to an activating group) is 1. The van der Waals surface area contributed by atoms with Crippen molar-refractivity contribution >= 4 is 23.2 Å². The van der Waals surface area contributed by atoms with Crippen LogP contribution in [0.4, 0.5) is 0 Å². The first-order valence-corrected chi connectivity index (χ1v) is 9.19. The zero-order valence-electron chi connectivity index (χ0n) is 14.3. The zero-order valence-corrected chi connectivity index (χ0v) is 15.8. The Morgan fingerprint density at radius 1 is 1.17 bits per heavy atom. The summed E-state index contributed by atoms with van der Waals surface area (Å²) < 4.78 is 2.17. The fourth-order valence-electron chi connectivity index (χ4n) is 3.17. The summed E-state index contributed by atoms with van der Waals surface area (Å²) in [6, 6.07) is 6.07. The average Bonchev–Trinajstić information content (AvgIpc) is 3.04. The van der Waals surface area contributed by atoms with Crippen LogP contribution in [0.2, 0.25) is 10.0 Å². The lowest BCUT2D eigenvalue weighted by Gasteiger charge is -2.36. The highest BCUT2D eigenvalue weighted by molar-refractivity contribution is 6.35. The maximum atomic E-state index is 6.33. The number of nitrogens with zero attached hydrogens (tertiary/aromatic N) is 4. The third-order valence-corrected chi connectivity index (χ3v) is 5.40. The number of benzene rings is 1. The van der Waals surface area contributed by atoms with Gasteiger partial charge in [0, 0.05) is 61.7 Å². The van der Waals surface area contributed by atoms with Crippen molar-refractivity contribution in [3.8, 4) is 11.4 Å². The summed E-state index contributed by atoms with van der Waals surface area (Å²) in [5.74, 6) is 0.882. The monoisotopic (exact) mass is 366 g/mol. The lowest BCUT2D eigenvalue weighted by atomic mass is 10.1. The second-order valence-corrected chi connectivity index (χ2v) is 7.39. The molecule has 130 valence electrons. The van der Waals surface area contributed by atoms with Crippen LogP contribution in [0, 0.1) is 0 Å². The zero-order chi connectivity index (χ0) is 17.1. The van der Waals surface area contributed by atoms with Crippen LogP contribution in [0.3, 0.4) is 0 Å². The number of aromatic nitrogens is 2. The Hall–Kier alpha value is -1.07. The first-order valence-electron chi connectivity index (χ1n) is 8.44. The molecule has 0 saturated carbocycles. The highest BCUT2D eigenvalue weighted by Crippen LogP contribution is 2.29. The van der Waals surface area contributed by atoms with Gasteiger partial charge in [0.2, 0.25) is 0 Å². The molecule has 1 atom stereocenters. The van der Waals surface area contributed by atoms with E-state index < -0.39 is 0 Å². The molecule has 0 unspecified atom stereocenters. The predicted molar refractivity (Wildman–Crippen MR) is 101 cm³/mol. The van der Waals surface area contributed by atoms with Crippen LogP contribution in [0.25, 0.3) is 11.4 Å². The van der Waals surface area contributed by atoms with E-state index in [1.165, 1.54) is 0 Å². The topological polar surface area (TPSA) is 24.3 Å². The third kappa shape index (κ3) is 4.12.